The van der Waals surface area contributed by atoms with Crippen LogP contribution in [0.5, 0.6) is 5.75 Å². The summed E-state index contributed by atoms with van der Waals surface area (Å²) in [6, 6.07) is 11.5. The third kappa shape index (κ3) is 3.63. The van der Waals surface area contributed by atoms with Crippen molar-refractivity contribution >= 4 is 29.2 Å². The van der Waals surface area contributed by atoms with Crippen LogP contribution >= 0.6 is 23.2 Å². The minimum atomic E-state index is -1.01. The molecule has 5 heteroatoms. The predicted octanol–water partition coefficient (Wildman–Crippen LogP) is 4.27. The molecule has 2 rings (SSSR count). The summed E-state index contributed by atoms with van der Waals surface area (Å²) in [5.41, 5.74) is 0.864. The van der Waals surface area contributed by atoms with E-state index in [1.54, 1.807) is 30.3 Å². The van der Waals surface area contributed by atoms with Crippen molar-refractivity contribution in [3.05, 3.63) is 63.6 Å². The Morgan fingerprint density at radius 1 is 1.16 bits per heavy atom. The lowest BCUT2D eigenvalue weighted by molar-refractivity contribution is 0.0697. The van der Waals surface area contributed by atoms with Crippen LogP contribution in [0.1, 0.15) is 15.9 Å². The summed E-state index contributed by atoms with van der Waals surface area (Å²) < 4.78 is 5.54. The van der Waals surface area contributed by atoms with Gasteiger partial charge in [-0.15, -0.1) is 0 Å². The Bertz CT molecular complexity index is 611. The Morgan fingerprint density at radius 3 is 2.58 bits per heavy atom. The van der Waals surface area contributed by atoms with Crippen molar-refractivity contribution in [2.24, 2.45) is 0 Å². The molecule has 0 saturated heterocycles. The predicted molar refractivity (Wildman–Crippen MR) is 74.2 cm³/mol. The molecule has 0 amide bonds. The molecule has 0 aliphatic carbocycles. The molecule has 0 heterocycles. The van der Waals surface area contributed by atoms with Gasteiger partial charge in [-0.05, 0) is 30.3 Å². The van der Waals surface area contributed by atoms with Gasteiger partial charge in [0.1, 0.15) is 12.4 Å². The number of halogens is 2. The van der Waals surface area contributed by atoms with Gasteiger partial charge in [0.05, 0.1) is 5.56 Å². The van der Waals surface area contributed by atoms with Gasteiger partial charge in [-0.1, -0.05) is 35.3 Å². The van der Waals surface area contributed by atoms with Gasteiger partial charge < -0.3 is 9.84 Å². The van der Waals surface area contributed by atoms with Gasteiger partial charge in [0, 0.05) is 15.6 Å². The molecule has 0 aromatic heterocycles. The third-order valence-electron chi connectivity index (χ3n) is 2.49. The van der Waals surface area contributed by atoms with Crippen LogP contribution in [0, 0.1) is 0 Å². The first-order valence-corrected chi connectivity index (χ1v) is 6.22. The summed E-state index contributed by atoms with van der Waals surface area (Å²) in [5, 5.41) is 9.78. The molecule has 0 fully saturated rings. The van der Waals surface area contributed by atoms with Gasteiger partial charge in [0.15, 0.2) is 0 Å². The first-order valence-electron chi connectivity index (χ1n) is 5.46. The minimum Gasteiger partial charge on any atom is -0.489 e. The Balaban J connectivity index is 2.10. The average molecular weight is 297 g/mol. The fourth-order valence-corrected chi connectivity index (χ4v) is 1.93. The third-order valence-corrected chi connectivity index (χ3v) is 3.08. The molecule has 0 saturated carbocycles. The van der Waals surface area contributed by atoms with Crippen molar-refractivity contribution in [1.82, 2.24) is 0 Å². The molecule has 2 aromatic rings. The fourth-order valence-electron chi connectivity index (χ4n) is 1.52. The first kappa shape index (κ1) is 13.7. The molecule has 0 atom stereocenters. The van der Waals surface area contributed by atoms with Crippen LogP contribution in [0.4, 0.5) is 0 Å². The van der Waals surface area contributed by atoms with Crippen LogP contribution in [-0.2, 0) is 6.61 Å². The number of hydrogen-bond donors (Lipinski definition) is 1. The number of carboxylic acids is 1. The maximum Gasteiger partial charge on any atom is 0.335 e. The van der Waals surface area contributed by atoms with E-state index in [4.69, 9.17) is 33.0 Å². The number of carbonyl (C=O) groups is 1. The lowest BCUT2D eigenvalue weighted by atomic mass is 10.1. The van der Waals surface area contributed by atoms with Crippen LogP contribution < -0.4 is 4.74 Å². The van der Waals surface area contributed by atoms with Gasteiger partial charge in [0.2, 0.25) is 0 Å². The van der Waals surface area contributed by atoms with Crippen molar-refractivity contribution in [2.75, 3.05) is 0 Å². The fraction of sp³-hybridized carbons (Fsp3) is 0.0714. The number of benzene rings is 2. The molecule has 19 heavy (non-hydrogen) atoms. The minimum absolute atomic E-state index is 0.150. The smallest absolute Gasteiger partial charge is 0.335 e. The van der Waals surface area contributed by atoms with Gasteiger partial charge >= 0.3 is 5.97 Å². The van der Waals surface area contributed by atoms with Crippen LogP contribution in [0.2, 0.25) is 10.0 Å². The molecule has 0 bridgehead atoms. The zero-order valence-electron chi connectivity index (χ0n) is 9.77. The second-order valence-electron chi connectivity index (χ2n) is 3.86. The molecule has 98 valence electrons. The standard InChI is InChI=1S/C14H10Cl2O3/c15-11-2-1-3-12(7-11)19-8-10-5-4-9(14(17)18)6-13(10)16/h1-7H,8H2,(H,17,18). The van der Waals surface area contributed by atoms with E-state index in [1.807, 2.05) is 0 Å². The largest absolute Gasteiger partial charge is 0.489 e. The van der Waals surface area contributed by atoms with Crippen LogP contribution in [-0.4, -0.2) is 11.1 Å². The quantitative estimate of drug-likeness (QED) is 0.916. The zero-order chi connectivity index (χ0) is 13.8. The monoisotopic (exact) mass is 296 g/mol. The summed E-state index contributed by atoms with van der Waals surface area (Å²) >= 11 is 11.8. The van der Waals surface area contributed by atoms with E-state index in [9.17, 15) is 4.79 Å². The summed E-state index contributed by atoms with van der Waals surface area (Å²) in [6.07, 6.45) is 0. The van der Waals surface area contributed by atoms with Gasteiger partial charge in [-0.25, -0.2) is 4.79 Å². The maximum atomic E-state index is 10.8. The van der Waals surface area contributed by atoms with E-state index in [1.165, 1.54) is 12.1 Å². The summed E-state index contributed by atoms with van der Waals surface area (Å²) in [7, 11) is 0. The molecule has 2 aromatic carbocycles. The highest BCUT2D eigenvalue weighted by atomic mass is 35.5. The Hall–Kier alpha value is -1.71. The lowest BCUT2D eigenvalue weighted by Gasteiger charge is -2.08. The zero-order valence-corrected chi connectivity index (χ0v) is 11.3. The highest BCUT2D eigenvalue weighted by Gasteiger charge is 2.07. The van der Waals surface area contributed by atoms with Crippen LogP contribution in [0.25, 0.3) is 0 Å². The molecule has 0 aliphatic rings. The highest BCUT2D eigenvalue weighted by molar-refractivity contribution is 6.31. The summed E-state index contributed by atoms with van der Waals surface area (Å²) in [6.45, 7) is 0.249. The number of carboxylic acid groups (broad SMARTS) is 1. The molecule has 0 radical (unpaired) electrons. The Morgan fingerprint density at radius 2 is 1.95 bits per heavy atom. The van der Waals surface area contributed by atoms with Crippen molar-refractivity contribution in [2.45, 2.75) is 6.61 Å². The SMILES string of the molecule is O=C(O)c1ccc(COc2cccc(Cl)c2)c(Cl)c1. The van der Waals surface area contributed by atoms with Gasteiger partial charge in [-0.3, -0.25) is 0 Å². The molecule has 3 nitrogen and oxygen atoms in total. The van der Waals surface area contributed by atoms with E-state index >= 15 is 0 Å². The summed E-state index contributed by atoms with van der Waals surface area (Å²) in [5.74, 6) is -0.380. The highest BCUT2D eigenvalue weighted by Crippen LogP contribution is 2.22. The van der Waals surface area contributed by atoms with E-state index < -0.39 is 5.97 Å². The van der Waals surface area contributed by atoms with Crippen molar-refractivity contribution in [3.8, 4) is 5.75 Å². The van der Waals surface area contributed by atoms with E-state index in [-0.39, 0.29) is 12.2 Å². The van der Waals surface area contributed by atoms with Gasteiger partial charge in [-0.2, -0.15) is 0 Å². The topological polar surface area (TPSA) is 46.5 Å². The lowest BCUT2D eigenvalue weighted by Crippen LogP contribution is -2.00. The van der Waals surface area contributed by atoms with Crippen molar-refractivity contribution in [1.29, 1.82) is 0 Å². The molecule has 0 aliphatic heterocycles. The number of rotatable bonds is 4. The maximum absolute atomic E-state index is 10.8. The Labute approximate surface area is 120 Å². The van der Waals surface area contributed by atoms with Crippen molar-refractivity contribution in [3.63, 3.8) is 0 Å². The first-order chi connectivity index (χ1) is 9.06. The second kappa shape index (κ2) is 5.95. The molecule has 0 spiro atoms. The number of ether oxygens (including phenoxy) is 1. The molecule has 0 unspecified atom stereocenters. The Kier molecular flexibility index (Phi) is 4.30. The van der Waals surface area contributed by atoms with Crippen LogP contribution in [0.15, 0.2) is 42.5 Å². The molecular formula is C14H10Cl2O3. The number of hydrogen-bond acceptors (Lipinski definition) is 2. The average Bonchev–Trinajstić information content (AvgIpc) is 2.37. The number of aromatic carboxylic acids is 1. The van der Waals surface area contributed by atoms with Crippen molar-refractivity contribution < 1.29 is 14.6 Å². The molecule has 1 N–H and O–H groups in total. The van der Waals surface area contributed by atoms with E-state index in [0.29, 0.717) is 21.4 Å². The summed E-state index contributed by atoms with van der Waals surface area (Å²) in [4.78, 5) is 10.8. The normalized spacial score (nSPS) is 10.2. The van der Waals surface area contributed by atoms with E-state index in [2.05, 4.69) is 0 Å². The molecular weight excluding hydrogens is 287 g/mol. The van der Waals surface area contributed by atoms with E-state index in [0.717, 1.165) is 0 Å². The van der Waals surface area contributed by atoms with Gasteiger partial charge in [0.25, 0.3) is 0 Å². The second-order valence-corrected chi connectivity index (χ2v) is 4.70. The van der Waals surface area contributed by atoms with Crippen LogP contribution in [0.3, 0.4) is 0 Å².